The van der Waals surface area contributed by atoms with Crippen molar-refractivity contribution < 1.29 is 4.79 Å². The summed E-state index contributed by atoms with van der Waals surface area (Å²) in [5.74, 6) is 2.00. The van der Waals surface area contributed by atoms with Crippen LogP contribution in [0.15, 0.2) is 0 Å². The van der Waals surface area contributed by atoms with Crippen LogP contribution in [0.25, 0.3) is 0 Å². The molecule has 0 aromatic carbocycles. The van der Waals surface area contributed by atoms with E-state index in [1.165, 1.54) is 19.3 Å². The van der Waals surface area contributed by atoms with Gasteiger partial charge in [0.1, 0.15) is 0 Å². The van der Waals surface area contributed by atoms with Gasteiger partial charge in [-0.2, -0.15) is 12.6 Å². The van der Waals surface area contributed by atoms with Gasteiger partial charge in [-0.05, 0) is 42.8 Å². The van der Waals surface area contributed by atoms with Crippen molar-refractivity contribution in [1.29, 1.82) is 0 Å². The number of likely N-dealkylation sites (tertiary alicyclic amines) is 1. The molecule has 1 amide bonds. The van der Waals surface area contributed by atoms with Crippen LogP contribution in [0, 0.1) is 11.3 Å². The summed E-state index contributed by atoms with van der Waals surface area (Å²) >= 11 is 4.53. The Kier molecular flexibility index (Phi) is 7.27. The smallest absolute Gasteiger partial charge is 0.222 e. The molecule has 0 aromatic rings. The van der Waals surface area contributed by atoms with Crippen molar-refractivity contribution in [3.8, 4) is 0 Å². The van der Waals surface area contributed by atoms with Crippen molar-refractivity contribution in [2.45, 2.75) is 65.7 Å². The van der Waals surface area contributed by atoms with Crippen molar-refractivity contribution in [2.75, 3.05) is 18.8 Å². The average molecular weight is 285 g/mol. The molecule has 1 atom stereocenters. The predicted octanol–water partition coefficient (Wildman–Crippen LogP) is 4.15. The maximum atomic E-state index is 12.3. The van der Waals surface area contributed by atoms with Crippen molar-refractivity contribution in [3.63, 3.8) is 0 Å². The van der Waals surface area contributed by atoms with Crippen molar-refractivity contribution in [2.24, 2.45) is 11.3 Å². The lowest BCUT2D eigenvalue weighted by Crippen LogP contribution is -2.41. The zero-order valence-corrected chi connectivity index (χ0v) is 13.8. The number of rotatable bonds is 7. The van der Waals surface area contributed by atoms with Gasteiger partial charge in [0, 0.05) is 19.5 Å². The third-order valence-corrected chi connectivity index (χ3v) is 5.66. The van der Waals surface area contributed by atoms with E-state index in [2.05, 4.69) is 38.3 Å². The summed E-state index contributed by atoms with van der Waals surface area (Å²) in [7, 11) is 0. The van der Waals surface area contributed by atoms with Crippen molar-refractivity contribution in [3.05, 3.63) is 0 Å². The van der Waals surface area contributed by atoms with Gasteiger partial charge in [-0.1, -0.05) is 33.6 Å². The Morgan fingerprint density at radius 1 is 1.26 bits per heavy atom. The number of thiol groups is 1. The monoisotopic (exact) mass is 285 g/mol. The zero-order chi connectivity index (χ0) is 14.3. The first-order valence-corrected chi connectivity index (χ1v) is 8.62. The summed E-state index contributed by atoms with van der Waals surface area (Å²) in [6, 6.07) is 0. The van der Waals surface area contributed by atoms with Gasteiger partial charge >= 0.3 is 0 Å². The number of carbonyl (C=O) groups is 1. The van der Waals surface area contributed by atoms with Crippen molar-refractivity contribution >= 4 is 18.5 Å². The Bertz CT molecular complexity index is 268. The normalized spacial score (nSPS) is 21.6. The average Bonchev–Trinajstić information content (AvgIpc) is 2.60. The highest BCUT2D eigenvalue weighted by Crippen LogP contribution is 2.31. The molecule has 1 rings (SSSR count). The third-order valence-electron chi connectivity index (χ3n) is 4.99. The first-order valence-electron chi connectivity index (χ1n) is 7.99. The summed E-state index contributed by atoms with van der Waals surface area (Å²) in [6.45, 7) is 8.55. The lowest BCUT2D eigenvalue weighted by Gasteiger charge is -2.36. The van der Waals surface area contributed by atoms with E-state index in [4.69, 9.17) is 0 Å². The van der Waals surface area contributed by atoms with Crippen LogP contribution in [0.4, 0.5) is 0 Å². The molecule has 0 radical (unpaired) electrons. The highest BCUT2D eigenvalue weighted by atomic mass is 32.1. The molecule has 1 aliphatic rings. The van der Waals surface area contributed by atoms with Gasteiger partial charge in [0.15, 0.2) is 0 Å². The highest BCUT2D eigenvalue weighted by molar-refractivity contribution is 7.80. The molecule has 112 valence electrons. The van der Waals surface area contributed by atoms with E-state index >= 15 is 0 Å². The minimum atomic E-state index is 0.212. The van der Waals surface area contributed by atoms with Crippen LogP contribution in [-0.4, -0.2) is 29.6 Å². The topological polar surface area (TPSA) is 20.3 Å². The minimum absolute atomic E-state index is 0.212. The molecule has 2 nitrogen and oxygen atoms in total. The van der Waals surface area contributed by atoms with Crippen LogP contribution >= 0.6 is 12.6 Å². The minimum Gasteiger partial charge on any atom is -0.342 e. The molecule has 1 aliphatic heterocycles. The summed E-state index contributed by atoms with van der Waals surface area (Å²) in [6.07, 6.45) is 7.76. The first-order chi connectivity index (χ1) is 9.10. The van der Waals surface area contributed by atoms with Crippen LogP contribution in [0.5, 0.6) is 0 Å². The molecule has 0 spiro atoms. The molecule has 0 bridgehead atoms. The molecule has 0 aromatic heterocycles. The van der Waals surface area contributed by atoms with Crippen LogP contribution in [0.3, 0.4) is 0 Å². The number of carbonyl (C=O) groups excluding carboxylic acids is 1. The number of nitrogens with zero attached hydrogens (tertiary/aromatic N) is 1. The Morgan fingerprint density at radius 2 is 1.95 bits per heavy atom. The van der Waals surface area contributed by atoms with Gasteiger partial charge in [-0.15, -0.1) is 0 Å². The highest BCUT2D eigenvalue weighted by Gasteiger charge is 2.31. The predicted molar refractivity (Wildman–Crippen MR) is 85.7 cm³/mol. The third kappa shape index (κ3) is 4.70. The lowest BCUT2D eigenvalue weighted by atomic mass is 9.83. The molecule has 1 fully saturated rings. The number of hydrogen-bond acceptors (Lipinski definition) is 2. The Labute approximate surface area is 124 Å². The first kappa shape index (κ1) is 16.9. The fourth-order valence-electron chi connectivity index (χ4n) is 3.11. The fraction of sp³-hybridized carbons (Fsp3) is 0.938. The van der Waals surface area contributed by atoms with Crippen LogP contribution < -0.4 is 0 Å². The summed E-state index contributed by atoms with van der Waals surface area (Å²) < 4.78 is 0. The molecule has 1 heterocycles. The molecule has 1 unspecified atom stereocenters. The van der Waals surface area contributed by atoms with Crippen LogP contribution in [-0.2, 0) is 4.79 Å². The quantitative estimate of drug-likeness (QED) is 0.697. The van der Waals surface area contributed by atoms with E-state index in [-0.39, 0.29) is 5.41 Å². The van der Waals surface area contributed by atoms with Crippen LogP contribution in [0.1, 0.15) is 65.7 Å². The Morgan fingerprint density at radius 3 is 2.47 bits per heavy atom. The largest absolute Gasteiger partial charge is 0.342 e. The zero-order valence-electron chi connectivity index (χ0n) is 13.0. The van der Waals surface area contributed by atoms with E-state index in [0.717, 1.165) is 50.4 Å². The Balaban J connectivity index is 2.64. The van der Waals surface area contributed by atoms with Crippen LogP contribution in [0.2, 0.25) is 0 Å². The van der Waals surface area contributed by atoms with Gasteiger partial charge < -0.3 is 4.90 Å². The molecule has 19 heavy (non-hydrogen) atoms. The van der Waals surface area contributed by atoms with Gasteiger partial charge in [-0.25, -0.2) is 0 Å². The second-order valence-corrected chi connectivity index (χ2v) is 6.48. The summed E-state index contributed by atoms with van der Waals surface area (Å²) in [5, 5.41) is 0. The molecular formula is C16H31NOS. The molecule has 0 N–H and O–H groups in total. The van der Waals surface area contributed by atoms with Gasteiger partial charge in [0.2, 0.25) is 5.91 Å². The lowest BCUT2D eigenvalue weighted by molar-refractivity contribution is -0.132. The second kappa shape index (κ2) is 8.18. The summed E-state index contributed by atoms with van der Waals surface area (Å²) in [5.41, 5.74) is 0.212. The molecular weight excluding hydrogens is 254 g/mol. The number of amides is 1. The maximum Gasteiger partial charge on any atom is 0.222 e. The van der Waals surface area contributed by atoms with Gasteiger partial charge in [0.05, 0.1) is 0 Å². The van der Waals surface area contributed by atoms with E-state index in [9.17, 15) is 4.79 Å². The second-order valence-electron chi connectivity index (χ2n) is 6.16. The standard InChI is InChI=1S/C16H31NOS/c1-4-7-14-8-9-15(18)17(11-10-14)12-16(5-2,6-3)13-19/h14,19H,4-13H2,1-3H3. The van der Waals surface area contributed by atoms with Gasteiger partial charge in [-0.3, -0.25) is 4.79 Å². The molecule has 0 aliphatic carbocycles. The van der Waals surface area contributed by atoms with Crippen molar-refractivity contribution in [1.82, 2.24) is 4.90 Å². The fourth-order valence-corrected chi connectivity index (χ4v) is 3.66. The van der Waals surface area contributed by atoms with E-state index in [0.29, 0.717) is 5.91 Å². The molecule has 1 saturated heterocycles. The van der Waals surface area contributed by atoms with E-state index in [1.54, 1.807) is 0 Å². The SMILES string of the molecule is CCCC1CCC(=O)N(CC(CC)(CC)CS)CC1. The van der Waals surface area contributed by atoms with E-state index < -0.39 is 0 Å². The summed E-state index contributed by atoms with van der Waals surface area (Å²) in [4.78, 5) is 14.4. The molecule has 3 heteroatoms. The van der Waals surface area contributed by atoms with Gasteiger partial charge in [0.25, 0.3) is 0 Å². The molecule has 0 saturated carbocycles. The Hall–Kier alpha value is -0.180. The maximum absolute atomic E-state index is 12.3. The van der Waals surface area contributed by atoms with E-state index in [1.807, 2.05) is 0 Å². The number of hydrogen-bond donors (Lipinski definition) is 1.